The molecule has 2 aliphatic heterocycles. The fourth-order valence-corrected chi connectivity index (χ4v) is 3.01. The number of hydrogen-bond donors (Lipinski definition) is 1. The summed E-state index contributed by atoms with van der Waals surface area (Å²) < 4.78 is 10.4. The molecular weight excluding hydrogens is 390 g/mol. The van der Waals surface area contributed by atoms with Gasteiger partial charge in [0.15, 0.2) is 11.5 Å². The number of nitrogens with one attached hydrogen (secondary N) is 1. The lowest BCUT2D eigenvalue weighted by atomic mass is 10.1. The molecule has 0 spiro atoms. The van der Waals surface area contributed by atoms with Crippen LogP contribution in [0.1, 0.15) is 11.1 Å². The standard InChI is InChI=1S/C18H12ClN3O6/c1-9-2-3-11(6-13(9)19)21-18(24)12(17(23)20-21)4-10-5-15-16(28-8-27-15)7-14(10)22(25)26/h2-7H,8H2,1H3,(H,20,23)/b12-4-. The molecule has 0 atom stereocenters. The molecule has 0 saturated carbocycles. The monoisotopic (exact) mass is 401 g/mol. The van der Waals surface area contributed by atoms with E-state index in [1.165, 1.54) is 12.1 Å². The Labute approximate surface area is 163 Å². The van der Waals surface area contributed by atoms with Gasteiger partial charge in [-0.15, -0.1) is 0 Å². The number of amides is 2. The molecule has 0 bridgehead atoms. The molecule has 1 fully saturated rings. The molecule has 2 aromatic carbocycles. The number of hydrogen-bond acceptors (Lipinski definition) is 6. The van der Waals surface area contributed by atoms with E-state index in [0.717, 1.165) is 16.6 Å². The fourth-order valence-electron chi connectivity index (χ4n) is 2.84. The van der Waals surface area contributed by atoms with E-state index >= 15 is 0 Å². The van der Waals surface area contributed by atoms with Gasteiger partial charge in [-0.25, -0.2) is 5.01 Å². The van der Waals surface area contributed by atoms with Crippen LogP contribution in [-0.4, -0.2) is 23.5 Å². The van der Waals surface area contributed by atoms with E-state index in [1.807, 2.05) is 0 Å². The van der Waals surface area contributed by atoms with E-state index in [-0.39, 0.29) is 29.4 Å². The van der Waals surface area contributed by atoms with Crippen molar-refractivity contribution in [1.29, 1.82) is 0 Å². The summed E-state index contributed by atoms with van der Waals surface area (Å²) in [5.74, 6) is -0.817. The van der Waals surface area contributed by atoms with Gasteiger partial charge in [-0.2, -0.15) is 0 Å². The third-order valence-electron chi connectivity index (χ3n) is 4.32. The number of rotatable bonds is 3. The quantitative estimate of drug-likeness (QED) is 0.366. The smallest absolute Gasteiger partial charge is 0.282 e. The molecule has 10 heteroatoms. The summed E-state index contributed by atoms with van der Waals surface area (Å²) in [6.07, 6.45) is 1.16. The number of benzene rings is 2. The maximum Gasteiger partial charge on any atom is 0.282 e. The molecule has 9 nitrogen and oxygen atoms in total. The predicted octanol–water partition coefficient (Wildman–Crippen LogP) is 2.75. The lowest BCUT2D eigenvalue weighted by Gasteiger charge is -2.15. The van der Waals surface area contributed by atoms with Crippen LogP contribution in [0.5, 0.6) is 11.5 Å². The number of anilines is 1. The summed E-state index contributed by atoms with van der Waals surface area (Å²) >= 11 is 6.09. The van der Waals surface area contributed by atoms with Crippen LogP contribution in [0.3, 0.4) is 0 Å². The summed E-state index contributed by atoms with van der Waals surface area (Å²) in [5, 5.41) is 12.9. The van der Waals surface area contributed by atoms with E-state index in [0.29, 0.717) is 16.5 Å². The Bertz CT molecular complexity index is 1080. The zero-order valence-corrected chi connectivity index (χ0v) is 15.1. The predicted molar refractivity (Wildman–Crippen MR) is 99.0 cm³/mol. The molecule has 0 unspecified atom stereocenters. The highest BCUT2D eigenvalue weighted by Crippen LogP contribution is 2.39. The van der Waals surface area contributed by atoms with Crippen LogP contribution in [-0.2, 0) is 9.59 Å². The van der Waals surface area contributed by atoms with Crippen molar-refractivity contribution in [3.8, 4) is 11.5 Å². The number of fused-ring (bicyclic) bond motifs is 1. The van der Waals surface area contributed by atoms with Gasteiger partial charge in [0.05, 0.1) is 22.2 Å². The average molecular weight is 402 g/mol. The first-order chi connectivity index (χ1) is 13.3. The normalized spacial score (nSPS) is 16.6. The Hall–Kier alpha value is -3.59. The fraction of sp³-hybridized carbons (Fsp3) is 0.111. The van der Waals surface area contributed by atoms with Gasteiger partial charge in [0, 0.05) is 5.02 Å². The minimum absolute atomic E-state index is 0.0524. The second-order valence-corrected chi connectivity index (χ2v) is 6.50. The molecule has 4 rings (SSSR count). The summed E-state index contributed by atoms with van der Waals surface area (Å²) in [7, 11) is 0. The average Bonchev–Trinajstić information content (AvgIpc) is 3.22. The molecule has 28 heavy (non-hydrogen) atoms. The Morgan fingerprint density at radius 2 is 1.93 bits per heavy atom. The maximum absolute atomic E-state index is 12.7. The first kappa shape index (κ1) is 17.8. The van der Waals surface area contributed by atoms with Gasteiger partial charge in [-0.1, -0.05) is 17.7 Å². The Morgan fingerprint density at radius 3 is 2.61 bits per heavy atom. The van der Waals surface area contributed by atoms with Gasteiger partial charge >= 0.3 is 0 Å². The molecule has 0 aromatic heterocycles. The molecule has 2 heterocycles. The summed E-state index contributed by atoms with van der Waals surface area (Å²) in [5.41, 5.74) is 3.11. The number of nitrogens with zero attached hydrogens (tertiary/aromatic N) is 2. The maximum atomic E-state index is 12.7. The number of carbonyl (C=O) groups excluding carboxylic acids is 2. The number of nitro groups is 1. The first-order valence-corrected chi connectivity index (χ1v) is 8.44. The van der Waals surface area contributed by atoms with Crippen molar-refractivity contribution in [3.63, 3.8) is 0 Å². The second-order valence-electron chi connectivity index (χ2n) is 6.09. The molecule has 2 amide bonds. The lowest BCUT2D eigenvalue weighted by Crippen LogP contribution is -2.35. The van der Waals surface area contributed by atoms with Crippen LogP contribution in [0.2, 0.25) is 5.02 Å². The van der Waals surface area contributed by atoms with Gasteiger partial charge in [0.2, 0.25) is 6.79 Å². The number of hydrazine groups is 1. The lowest BCUT2D eigenvalue weighted by molar-refractivity contribution is -0.385. The second kappa shape index (κ2) is 6.54. The van der Waals surface area contributed by atoms with E-state index in [4.69, 9.17) is 21.1 Å². The van der Waals surface area contributed by atoms with Crippen LogP contribution in [0, 0.1) is 17.0 Å². The number of ether oxygens (including phenoxy) is 2. The van der Waals surface area contributed by atoms with Crippen molar-refractivity contribution in [2.75, 3.05) is 11.8 Å². The molecule has 2 aliphatic rings. The Balaban J connectivity index is 1.74. The number of nitro benzene ring substituents is 1. The van der Waals surface area contributed by atoms with E-state index in [2.05, 4.69) is 5.43 Å². The van der Waals surface area contributed by atoms with Gasteiger partial charge in [-0.05, 0) is 36.8 Å². The van der Waals surface area contributed by atoms with Crippen molar-refractivity contribution in [1.82, 2.24) is 5.43 Å². The zero-order valence-electron chi connectivity index (χ0n) is 14.4. The minimum atomic E-state index is -0.686. The Morgan fingerprint density at radius 1 is 1.21 bits per heavy atom. The van der Waals surface area contributed by atoms with Crippen molar-refractivity contribution in [2.45, 2.75) is 6.92 Å². The third-order valence-corrected chi connectivity index (χ3v) is 4.73. The minimum Gasteiger partial charge on any atom is -0.454 e. The van der Waals surface area contributed by atoms with Crippen molar-refractivity contribution in [2.24, 2.45) is 0 Å². The molecule has 1 saturated heterocycles. The summed E-state index contributed by atoms with van der Waals surface area (Å²) in [4.78, 5) is 35.8. The van der Waals surface area contributed by atoms with Gasteiger partial charge < -0.3 is 9.47 Å². The van der Waals surface area contributed by atoms with E-state index in [1.54, 1.807) is 25.1 Å². The van der Waals surface area contributed by atoms with Gasteiger partial charge in [-0.3, -0.25) is 25.1 Å². The third kappa shape index (κ3) is 2.91. The SMILES string of the molecule is Cc1ccc(N2NC(=O)/C(=C/c3cc4c(cc3[N+](=O)[O-])OCO4)C2=O)cc1Cl. The van der Waals surface area contributed by atoms with Crippen LogP contribution in [0.4, 0.5) is 11.4 Å². The van der Waals surface area contributed by atoms with E-state index < -0.39 is 16.7 Å². The largest absolute Gasteiger partial charge is 0.454 e. The molecule has 0 aliphatic carbocycles. The first-order valence-electron chi connectivity index (χ1n) is 8.06. The number of carbonyl (C=O) groups is 2. The van der Waals surface area contributed by atoms with Crippen molar-refractivity contribution >= 4 is 40.9 Å². The molecule has 1 N–H and O–H groups in total. The van der Waals surface area contributed by atoms with Crippen LogP contribution in [0.25, 0.3) is 6.08 Å². The molecule has 142 valence electrons. The molecule has 0 radical (unpaired) electrons. The number of aryl methyl sites for hydroxylation is 1. The van der Waals surface area contributed by atoms with Crippen molar-refractivity contribution < 1.29 is 24.0 Å². The highest BCUT2D eigenvalue weighted by Gasteiger charge is 2.35. The molecular formula is C18H12ClN3O6. The van der Waals surface area contributed by atoms with Crippen LogP contribution < -0.4 is 19.9 Å². The van der Waals surface area contributed by atoms with Gasteiger partial charge in [0.25, 0.3) is 17.5 Å². The van der Waals surface area contributed by atoms with Gasteiger partial charge in [0.1, 0.15) is 5.57 Å². The van der Waals surface area contributed by atoms with E-state index in [9.17, 15) is 19.7 Å². The highest BCUT2D eigenvalue weighted by atomic mass is 35.5. The topological polar surface area (TPSA) is 111 Å². The Kier molecular flexibility index (Phi) is 4.16. The van der Waals surface area contributed by atoms with Crippen LogP contribution in [0.15, 0.2) is 35.9 Å². The van der Waals surface area contributed by atoms with Crippen molar-refractivity contribution in [3.05, 3.63) is 62.2 Å². The summed E-state index contributed by atoms with van der Waals surface area (Å²) in [6, 6.07) is 7.44. The molecule has 2 aromatic rings. The summed E-state index contributed by atoms with van der Waals surface area (Å²) in [6.45, 7) is 1.74. The van der Waals surface area contributed by atoms with Crippen LogP contribution >= 0.6 is 11.6 Å². The highest BCUT2D eigenvalue weighted by molar-refractivity contribution is 6.33. The zero-order chi connectivity index (χ0) is 20.0. The number of halogens is 1.